The SMILES string of the molecule is CCCC=CC(C)NC(C)CCCC. The summed E-state index contributed by atoms with van der Waals surface area (Å²) in [4.78, 5) is 0. The molecule has 0 saturated carbocycles. The van der Waals surface area contributed by atoms with Gasteiger partial charge < -0.3 is 5.32 Å². The monoisotopic (exact) mass is 197 g/mol. The molecule has 0 saturated heterocycles. The predicted octanol–water partition coefficient (Wildman–Crippen LogP) is 3.90. The van der Waals surface area contributed by atoms with E-state index in [4.69, 9.17) is 0 Å². The van der Waals surface area contributed by atoms with Crippen LogP contribution in [0.5, 0.6) is 0 Å². The quantitative estimate of drug-likeness (QED) is 0.582. The minimum Gasteiger partial charge on any atom is -0.308 e. The van der Waals surface area contributed by atoms with Crippen molar-refractivity contribution in [1.29, 1.82) is 0 Å². The van der Waals surface area contributed by atoms with Crippen molar-refractivity contribution in [3.05, 3.63) is 12.2 Å². The molecule has 1 nitrogen and oxygen atoms in total. The van der Waals surface area contributed by atoms with Crippen molar-refractivity contribution in [2.24, 2.45) is 0 Å². The molecule has 1 N–H and O–H groups in total. The van der Waals surface area contributed by atoms with Crippen LogP contribution in [0.1, 0.15) is 59.8 Å². The van der Waals surface area contributed by atoms with Gasteiger partial charge in [-0.15, -0.1) is 0 Å². The zero-order valence-electron chi connectivity index (χ0n) is 10.3. The minimum atomic E-state index is 0.522. The lowest BCUT2D eigenvalue weighted by atomic mass is 10.1. The van der Waals surface area contributed by atoms with Gasteiger partial charge in [0.25, 0.3) is 0 Å². The fraction of sp³-hybridized carbons (Fsp3) is 0.846. The Morgan fingerprint density at radius 1 is 1.14 bits per heavy atom. The summed E-state index contributed by atoms with van der Waals surface area (Å²) < 4.78 is 0. The summed E-state index contributed by atoms with van der Waals surface area (Å²) in [7, 11) is 0. The smallest absolute Gasteiger partial charge is 0.0224 e. The highest BCUT2D eigenvalue weighted by Gasteiger charge is 2.02. The molecule has 0 amide bonds. The Kier molecular flexibility index (Phi) is 9.06. The summed E-state index contributed by atoms with van der Waals surface area (Å²) in [5.41, 5.74) is 0. The third-order valence-electron chi connectivity index (χ3n) is 2.42. The van der Waals surface area contributed by atoms with E-state index in [0.717, 1.165) is 0 Å². The number of rotatable bonds is 8. The number of unbranched alkanes of at least 4 members (excludes halogenated alkanes) is 2. The fourth-order valence-electron chi connectivity index (χ4n) is 1.56. The van der Waals surface area contributed by atoms with E-state index in [2.05, 4.69) is 45.2 Å². The fourth-order valence-corrected chi connectivity index (χ4v) is 1.56. The lowest BCUT2D eigenvalue weighted by Gasteiger charge is -2.17. The van der Waals surface area contributed by atoms with E-state index in [1.807, 2.05) is 0 Å². The second-order valence-electron chi connectivity index (χ2n) is 4.22. The molecule has 0 heterocycles. The van der Waals surface area contributed by atoms with Gasteiger partial charge in [0.1, 0.15) is 0 Å². The maximum atomic E-state index is 3.59. The van der Waals surface area contributed by atoms with Crippen LogP contribution in [0.3, 0.4) is 0 Å². The van der Waals surface area contributed by atoms with E-state index in [0.29, 0.717) is 12.1 Å². The second kappa shape index (κ2) is 9.26. The van der Waals surface area contributed by atoms with E-state index in [9.17, 15) is 0 Å². The zero-order chi connectivity index (χ0) is 10.8. The molecule has 0 aliphatic carbocycles. The van der Waals surface area contributed by atoms with Crippen LogP contribution in [0.4, 0.5) is 0 Å². The average molecular weight is 197 g/mol. The summed E-state index contributed by atoms with van der Waals surface area (Å²) >= 11 is 0. The van der Waals surface area contributed by atoms with Crippen molar-refractivity contribution in [2.75, 3.05) is 0 Å². The molecule has 0 bridgehead atoms. The number of hydrogen-bond acceptors (Lipinski definition) is 1. The molecule has 0 radical (unpaired) electrons. The lowest BCUT2D eigenvalue weighted by molar-refractivity contribution is 0.472. The molecule has 2 unspecified atom stereocenters. The minimum absolute atomic E-state index is 0.522. The maximum absolute atomic E-state index is 3.59. The Hall–Kier alpha value is -0.300. The number of allylic oxidation sites excluding steroid dienone is 1. The van der Waals surface area contributed by atoms with Crippen LogP contribution in [0, 0.1) is 0 Å². The summed E-state index contributed by atoms with van der Waals surface area (Å²) in [5.74, 6) is 0. The van der Waals surface area contributed by atoms with Gasteiger partial charge in [0.05, 0.1) is 0 Å². The molecule has 0 aliphatic rings. The third kappa shape index (κ3) is 8.31. The molecular formula is C13H27N. The topological polar surface area (TPSA) is 12.0 Å². The van der Waals surface area contributed by atoms with Crippen molar-refractivity contribution < 1.29 is 0 Å². The predicted molar refractivity (Wildman–Crippen MR) is 65.6 cm³/mol. The van der Waals surface area contributed by atoms with E-state index in [-0.39, 0.29) is 0 Å². The molecule has 0 fully saturated rings. The summed E-state index contributed by atoms with van der Waals surface area (Å²) in [6.45, 7) is 8.97. The third-order valence-corrected chi connectivity index (χ3v) is 2.42. The maximum Gasteiger partial charge on any atom is 0.0224 e. The van der Waals surface area contributed by atoms with Gasteiger partial charge in [-0.2, -0.15) is 0 Å². The van der Waals surface area contributed by atoms with Gasteiger partial charge in [0.2, 0.25) is 0 Å². The van der Waals surface area contributed by atoms with Crippen LogP contribution in [0.25, 0.3) is 0 Å². The van der Waals surface area contributed by atoms with E-state index >= 15 is 0 Å². The van der Waals surface area contributed by atoms with Crippen LogP contribution < -0.4 is 5.32 Å². The van der Waals surface area contributed by atoms with Crippen LogP contribution >= 0.6 is 0 Å². The summed E-state index contributed by atoms with van der Waals surface area (Å²) in [5, 5.41) is 3.59. The van der Waals surface area contributed by atoms with Gasteiger partial charge >= 0.3 is 0 Å². The molecule has 1 heteroatoms. The van der Waals surface area contributed by atoms with E-state index in [1.54, 1.807) is 0 Å². The van der Waals surface area contributed by atoms with Crippen LogP contribution in [0.2, 0.25) is 0 Å². The van der Waals surface area contributed by atoms with Crippen LogP contribution in [-0.2, 0) is 0 Å². The summed E-state index contributed by atoms with van der Waals surface area (Å²) in [6.07, 6.45) is 10.9. The van der Waals surface area contributed by atoms with Crippen molar-refractivity contribution in [3.8, 4) is 0 Å². The first kappa shape index (κ1) is 13.7. The highest BCUT2D eigenvalue weighted by atomic mass is 14.9. The zero-order valence-corrected chi connectivity index (χ0v) is 10.3. The molecule has 84 valence electrons. The first-order valence-electron chi connectivity index (χ1n) is 6.13. The normalized spacial score (nSPS) is 16.0. The Balaban J connectivity index is 3.53. The van der Waals surface area contributed by atoms with Gasteiger partial charge in [0.15, 0.2) is 0 Å². The Bertz CT molecular complexity index is 140. The summed E-state index contributed by atoms with van der Waals surface area (Å²) in [6, 6.07) is 1.17. The molecule has 0 aliphatic heterocycles. The van der Waals surface area contributed by atoms with Gasteiger partial charge in [0, 0.05) is 12.1 Å². The lowest BCUT2D eigenvalue weighted by Crippen LogP contribution is -2.33. The van der Waals surface area contributed by atoms with Crippen molar-refractivity contribution in [1.82, 2.24) is 5.32 Å². The molecule has 0 aromatic heterocycles. The first-order chi connectivity index (χ1) is 6.70. The van der Waals surface area contributed by atoms with Crippen molar-refractivity contribution in [3.63, 3.8) is 0 Å². The molecule has 2 atom stereocenters. The van der Waals surface area contributed by atoms with E-state index in [1.165, 1.54) is 32.1 Å². The van der Waals surface area contributed by atoms with Crippen LogP contribution in [-0.4, -0.2) is 12.1 Å². The first-order valence-corrected chi connectivity index (χ1v) is 6.13. The highest BCUT2D eigenvalue weighted by Crippen LogP contribution is 2.01. The van der Waals surface area contributed by atoms with Gasteiger partial charge in [-0.25, -0.2) is 0 Å². The van der Waals surface area contributed by atoms with Crippen LogP contribution in [0.15, 0.2) is 12.2 Å². The molecule has 0 aromatic carbocycles. The molecule has 14 heavy (non-hydrogen) atoms. The average Bonchev–Trinajstić information content (AvgIpc) is 2.15. The Morgan fingerprint density at radius 3 is 2.43 bits per heavy atom. The Morgan fingerprint density at radius 2 is 1.86 bits per heavy atom. The van der Waals surface area contributed by atoms with Gasteiger partial charge in [-0.05, 0) is 26.7 Å². The standard InChI is InChI=1S/C13H27N/c1-5-7-9-11-13(4)14-12(3)10-8-6-2/h9,11-14H,5-8,10H2,1-4H3. The molecule has 0 spiro atoms. The number of nitrogens with one attached hydrogen (secondary N) is 1. The van der Waals surface area contributed by atoms with Gasteiger partial charge in [-0.1, -0.05) is 45.3 Å². The van der Waals surface area contributed by atoms with Gasteiger partial charge in [-0.3, -0.25) is 0 Å². The Labute approximate surface area is 90.0 Å². The molecular weight excluding hydrogens is 170 g/mol. The number of hydrogen-bond donors (Lipinski definition) is 1. The highest BCUT2D eigenvalue weighted by molar-refractivity contribution is 4.91. The van der Waals surface area contributed by atoms with E-state index < -0.39 is 0 Å². The molecule has 0 aromatic rings. The molecule has 0 rings (SSSR count). The largest absolute Gasteiger partial charge is 0.308 e. The van der Waals surface area contributed by atoms with Crippen molar-refractivity contribution in [2.45, 2.75) is 71.9 Å². The van der Waals surface area contributed by atoms with Crippen molar-refractivity contribution >= 4 is 0 Å². The second-order valence-corrected chi connectivity index (χ2v) is 4.22.